The van der Waals surface area contributed by atoms with E-state index in [0.29, 0.717) is 17.2 Å². The number of piperazine rings is 1. The van der Waals surface area contributed by atoms with Crippen LogP contribution in [-0.2, 0) is 0 Å². The van der Waals surface area contributed by atoms with E-state index in [2.05, 4.69) is 20.2 Å². The van der Waals surface area contributed by atoms with Gasteiger partial charge in [-0.3, -0.25) is 9.69 Å². The van der Waals surface area contributed by atoms with Crippen molar-refractivity contribution in [1.29, 1.82) is 0 Å². The highest BCUT2D eigenvalue weighted by molar-refractivity contribution is 5.36. The van der Waals surface area contributed by atoms with E-state index >= 15 is 0 Å². The maximum absolute atomic E-state index is 11.6. The molecule has 2 rings (SSSR count). The quantitative estimate of drug-likeness (QED) is 0.653. The van der Waals surface area contributed by atoms with Crippen molar-refractivity contribution in [2.45, 2.75) is 19.9 Å². The molecule has 0 spiro atoms. The van der Waals surface area contributed by atoms with Gasteiger partial charge in [-0.1, -0.05) is 0 Å². The molecule has 0 bridgehead atoms. The minimum absolute atomic E-state index is 0.0905. The zero-order chi connectivity index (χ0) is 12.4. The molecule has 0 amide bonds. The third kappa shape index (κ3) is 2.48. The number of hydrogen-bond acceptors (Lipinski definition) is 5. The Bertz CT molecular complexity index is 450. The molecule has 0 radical (unpaired) electrons. The summed E-state index contributed by atoms with van der Waals surface area (Å²) in [6.45, 7) is 7.57. The maximum atomic E-state index is 11.6. The summed E-state index contributed by atoms with van der Waals surface area (Å²) >= 11 is 0. The van der Waals surface area contributed by atoms with E-state index < -0.39 is 0 Å². The van der Waals surface area contributed by atoms with Crippen molar-refractivity contribution in [2.24, 2.45) is 0 Å². The Morgan fingerprint density at radius 1 is 1.41 bits per heavy atom. The van der Waals surface area contributed by atoms with Crippen LogP contribution in [0.4, 0.5) is 5.82 Å². The minimum atomic E-state index is -0.144. The largest absolute Gasteiger partial charge is 0.383 e. The number of anilines is 1. The van der Waals surface area contributed by atoms with Gasteiger partial charge in [-0.2, -0.15) is 0 Å². The summed E-state index contributed by atoms with van der Waals surface area (Å²) in [7, 11) is 0. The standard InChI is InChI=1S/C11H19N5O/c1-7-9(12)14-10(15-11(7)17)8(2)16-5-3-13-4-6-16/h8,13H,3-6H2,1-2H3,(H3,12,14,15,17). The highest BCUT2D eigenvalue weighted by Crippen LogP contribution is 2.16. The van der Waals surface area contributed by atoms with E-state index in [4.69, 9.17) is 5.73 Å². The molecule has 1 saturated heterocycles. The molecule has 0 saturated carbocycles. The predicted molar refractivity (Wildman–Crippen MR) is 66.9 cm³/mol. The summed E-state index contributed by atoms with van der Waals surface area (Å²) in [6.07, 6.45) is 0. The lowest BCUT2D eigenvalue weighted by molar-refractivity contribution is 0.179. The summed E-state index contributed by atoms with van der Waals surface area (Å²) in [6, 6.07) is 0.0905. The molecule has 17 heavy (non-hydrogen) atoms. The average Bonchev–Trinajstić information content (AvgIpc) is 2.35. The Morgan fingerprint density at radius 2 is 2.06 bits per heavy atom. The van der Waals surface area contributed by atoms with Gasteiger partial charge in [0.05, 0.1) is 11.6 Å². The van der Waals surface area contributed by atoms with Crippen LogP contribution in [0.5, 0.6) is 0 Å². The molecule has 1 aliphatic rings. The van der Waals surface area contributed by atoms with Gasteiger partial charge in [-0.25, -0.2) is 4.98 Å². The van der Waals surface area contributed by atoms with Crippen molar-refractivity contribution in [3.8, 4) is 0 Å². The fourth-order valence-corrected chi connectivity index (χ4v) is 2.01. The Hall–Kier alpha value is -1.40. The summed E-state index contributed by atoms with van der Waals surface area (Å²) in [4.78, 5) is 21.0. The second-order valence-electron chi connectivity index (χ2n) is 4.42. The van der Waals surface area contributed by atoms with Crippen LogP contribution in [0.3, 0.4) is 0 Å². The fraction of sp³-hybridized carbons (Fsp3) is 0.636. The number of nitrogens with one attached hydrogen (secondary N) is 2. The molecule has 1 atom stereocenters. The first-order valence-corrected chi connectivity index (χ1v) is 5.90. The molecule has 1 fully saturated rings. The predicted octanol–water partition coefficient (Wildman–Crippen LogP) is -0.373. The third-order valence-corrected chi connectivity index (χ3v) is 3.30. The number of nitrogens with two attached hydrogens (primary N) is 1. The smallest absolute Gasteiger partial charge is 0.255 e. The van der Waals surface area contributed by atoms with Crippen LogP contribution >= 0.6 is 0 Å². The van der Waals surface area contributed by atoms with Crippen molar-refractivity contribution in [2.75, 3.05) is 31.9 Å². The van der Waals surface area contributed by atoms with Crippen molar-refractivity contribution in [3.05, 3.63) is 21.7 Å². The van der Waals surface area contributed by atoms with Gasteiger partial charge in [0.25, 0.3) is 5.56 Å². The van der Waals surface area contributed by atoms with Gasteiger partial charge in [0.2, 0.25) is 0 Å². The van der Waals surface area contributed by atoms with E-state index in [9.17, 15) is 4.79 Å². The van der Waals surface area contributed by atoms with E-state index in [0.717, 1.165) is 26.2 Å². The second-order valence-corrected chi connectivity index (χ2v) is 4.42. The number of nitrogen functional groups attached to an aromatic ring is 1. The van der Waals surface area contributed by atoms with Crippen molar-refractivity contribution >= 4 is 5.82 Å². The van der Waals surface area contributed by atoms with Crippen molar-refractivity contribution < 1.29 is 0 Å². The Kier molecular flexibility index (Phi) is 3.44. The number of aromatic amines is 1. The van der Waals surface area contributed by atoms with Crippen LogP contribution in [0, 0.1) is 6.92 Å². The zero-order valence-electron chi connectivity index (χ0n) is 10.3. The summed E-state index contributed by atoms with van der Waals surface area (Å²) < 4.78 is 0. The number of hydrogen-bond donors (Lipinski definition) is 3. The number of aromatic nitrogens is 2. The van der Waals surface area contributed by atoms with Crippen LogP contribution in [0.25, 0.3) is 0 Å². The van der Waals surface area contributed by atoms with E-state index in [1.54, 1.807) is 6.92 Å². The van der Waals surface area contributed by atoms with Crippen LogP contribution in [0.1, 0.15) is 24.4 Å². The second kappa shape index (κ2) is 4.85. The zero-order valence-corrected chi connectivity index (χ0v) is 10.3. The van der Waals surface area contributed by atoms with Crippen molar-refractivity contribution in [1.82, 2.24) is 20.2 Å². The summed E-state index contributed by atoms with van der Waals surface area (Å²) in [5.74, 6) is 0.978. The van der Waals surface area contributed by atoms with E-state index in [-0.39, 0.29) is 11.6 Å². The maximum Gasteiger partial charge on any atom is 0.255 e. The molecule has 1 unspecified atom stereocenters. The lowest BCUT2D eigenvalue weighted by Gasteiger charge is -2.32. The highest BCUT2D eigenvalue weighted by atomic mass is 16.1. The monoisotopic (exact) mass is 237 g/mol. The number of nitrogens with zero attached hydrogens (tertiary/aromatic N) is 2. The average molecular weight is 237 g/mol. The number of H-pyrrole nitrogens is 1. The van der Waals surface area contributed by atoms with Crippen LogP contribution in [-0.4, -0.2) is 41.0 Å². The number of rotatable bonds is 2. The first kappa shape index (κ1) is 12.1. The molecule has 4 N–H and O–H groups in total. The Morgan fingerprint density at radius 3 is 2.65 bits per heavy atom. The normalized spacial score (nSPS) is 19.2. The molecule has 6 nitrogen and oxygen atoms in total. The van der Waals surface area contributed by atoms with Crippen LogP contribution in [0.2, 0.25) is 0 Å². The minimum Gasteiger partial charge on any atom is -0.383 e. The van der Waals surface area contributed by atoms with Gasteiger partial charge in [0.15, 0.2) is 0 Å². The molecule has 6 heteroatoms. The molecule has 94 valence electrons. The van der Waals surface area contributed by atoms with E-state index in [1.807, 2.05) is 6.92 Å². The lowest BCUT2D eigenvalue weighted by Crippen LogP contribution is -2.45. The van der Waals surface area contributed by atoms with Gasteiger partial charge in [-0.15, -0.1) is 0 Å². The first-order valence-electron chi connectivity index (χ1n) is 5.90. The molecule has 2 heterocycles. The van der Waals surface area contributed by atoms with Gasteiger partial charge < -0.3 is 16.0 Å². The van der Waals surface area contributed by atoms with Gasteiger partial charge in [0.1, 0.15) is 11.6 Å². The van der Waals surface area contributed by atoms with Gasteiger partial charge >= 0.3 is 0 Å². The fourth-order valence-electron chi connectivity index (χ4n) is 2.01. The SMILES string of the molecule is Cc1c(N)nc(C(C)N2CCNCC2)[nH]c1=O. The lowest BCUT2D eigenvalue weighted by atomic mass is 10.2. The molecular formula is C11H19N5O. The van der Waals surface area contributed by atoms with Crippen LogP contribution < -0.4 is 16.6 Å². The highest BCUT2D eigenvalue weighted by Gasteiger charge is 2.20. The molecular weight excluding hydrogens is 218 g/mol. The molecule has 1 aliphatic heterocycles. The van der Waals surface area contributed by atoms with Crippen molar-refractivity contribution in [3.63, 3.8) is 0 Å². The van der Waals surface area contributed by atoms with Crippen LogP contribution in [0.15, 0.2) is 4.79 Å². The molecule has 0 aromatic carbocycles. The topological polar surface area (TPSA) is 87.0 Å². The van der Waals surface area contributed by atoms with Gasteiger partial charge in [-0.05, 0) is 13.8 Å². The van der Waals surface area contributed by atoms with Gasteiger partial charge in [0, 0.05) is 26.2 Å². The Labute approximate surface area is 100 Å². The third-order valence-electron chi connectivity index (χ3n) is 3.30. The Balaban J connectivity index is 2.24. The molecule has 1 aromatic rings. The molecule has 1 aromatic heterocycles. The first-order chi connectivity index (χ1) is 8.09. The summed E-state index contributed by atoms with van der Waals surface area (Å²) in [5.41, 5.74) is 6.07. The van der Waals surface area contributed by atoms with E-state index in [1.165, 1.54) is 0 Å². The molecule has 0 aliphatic carbocycles. The summed E-state index contributed by atoms with van der Waals surface area (Å²) in [5, 5.41) is 3.29.